The van der Waals surface area contributed by atoms with Gasteiger partial charge in [0.25, 0.3) is 0 Å². The van der Waals surface area contributed by atoms with Crippen molar-refractivity contribution in [3.63, 3.8) is 0 Å². The highest BCUT2D eigenvalue weighted by atomic mass is 32.2. The molecule has 0 aliphatic heterocycles. The minimum Gasteiger partial charge on any atom is -0.356 e. The third kappa shape index (κ3) is 7.30. The van der Waals surface area contributed by atoms with Crippen molar-refractivity contribution in [2.75, 3.05) is 25.0 Å². The maximum absolute atomic E-state index is 12.8. The Bertz CT molecular complexity index is 743. The van der Waals surface area contributed by atoms with Gasteiger partial charge in [-0.15, -0.1) is 0 Å². The second kappa shape index (κ2) is 11.0. The van der Waals surface area contributed by atoms with E-state index < -0.39 is 10.0 Å². The quantitative estimate of drug-likeness (QED) is 0.561. The molecule has 0 saturated heterocycles. The lowest BCUT2D eigenvalue weighted by molar-refractivity contribution is -0.119. The molecule has 0 aromatic heterocycles. The van der Waals surface area contributed by atoms with Gasteiger partial charge < -0.3 is 10.6 Å². The van der Waals surface area contributed by atoms with Gasteiger partial charge in [-0.1, -0.05) is 26.3 Å². The summed E-state index contributed by atoms with van der Waals surface area (Å²) in [5, 5.41) is 5.49. The molecule has 0 aliphatic rings. The molecular formula is C19H31N3O4S. The van der Waals surface area contributed by atoms with Gasteiger partial charge in [0.05, 0.1) is 4.90 Å². The molecule has 0 saturated carbocycles. The van der Waals surface area contributed by atoms with Gasteiger partial charge in [0.15, 0.2) is 0 Å². The average molecular weight is 398 g/mol. The predicted octanol–water partition coefficient (Wildman–Crippen LogP) is 2.66. The van der Waals surface area contributed by atoms with Crippen molar-refractivity contribution in [1.29, 1.82) is 0 Å². The Balaban J connectivity index is 2.66. The van der Waals surface area contributed by atoms with E-state index in [1.807, 2.05) is 0 Å². The molecule has 0 spiro atoms. The van der Waals surface area contributed by atoms with Crippen LogP contribution in [-0.2, 0) is 19.6 Å². The summed E-state index contributed by atoms with van der Waals surface area (Å²) in [7, 11) is -3.58. The van der Waals surface area contributed by atoms with Gasteiger partial charge in [0.2, 0.25) is 21.8 Å². The fourth-order valence-electron chi connectivity index (χ4n) is 2.73. The van der Waals surface area contributed by atoms with Gasteiger partial charge >= 0.3 is 0 Å². The Labute approximate surface area is 162 Å². The van der Waals surface area contributed by atoms with E-state index in [4.69, 9.17) is 0 Å². The van der Waals surface area contributed by atoms with Crippen LogP contribution in [0, 0.1) is 6.92 Å². The smallest absolute Gasteiger partial charge is 0.243 e. The number of aryl methyl sites for hydroxylation is 1. The van der Waals surface area contributed by atoms with Gasteiger partial charge in [0, 0.05) is 38.7 Å². The molecule has 1 aromatic carbocycles. The Morgan fingerprint density at radius 1 is 1.07 bits per heavy atom. The van der Waals surface area contributed by atoms with Gasteiger partial charge in [0.1, 0.15) is 0 Å². The van der Waals surface area contributed by atoms with Crippen LogP contribution in [0.1, 0.15) is 52.0 Å². The lowest BCUT2D eigenvalue weighted by atomic mass is 10.1. The number of rotatable bonds is 11. The molecule has 7 nitrogen and oxygen atoms in total. The molecule has 27 heavy (non-hydrogen) atoms. The zero-order valence-electron chi connectivity index (χ0n) is 16.7. The van der Waals surface area contributed by atoms with E-state index in [1.54, 1.807) is 32.9 Å². The minimum absolute atomic E-state index is 0.0532. The van der Waals surface area contributed by atoms with Crippen molar-refractivity contribution >= 4 is 27.5 Å². The molecule has 1 rings (SSSR count). The molecule has 0 bridgehead atoms. The van der Waals surface area contributed by atoms with E-state index in [2.05, 4.69) is 10.6 Å². The highest BCUT2D eigenvalue weighted by Crippen LogP contribution is 2.23. The Morgan fingerprint density at radius 2 is 1.74 bits per heavy atom. The number of carbonyl (C=O) groups excluding carboxylic acids is 2. The number of unbranched alkanes of at least 4 members (excludes halogenated alkanes) is 2. The first-order valence-corrected chi connectivity index (χ1v) is 10.8. The summed E-state index contributed by atoms with van der Waals surface area (Å²) in [6, 6.07) is 4.95. The second-order valence-electron chi connectivity index (χ2n) is 6.41. The fourth-order valence-corrected chi connectivity index (χ4v) is 4.44. The molecule has 152 valence electrons. The first-order valence-electron chi connectivity index (χ1n) is 9.37. The third-order valence-electron chi connectivity index (χ3n) is 4.25. The molecule has 0 atom stereocenters. The zero-order valence-corrected chi connectivity index (χ0v) is 17.5. The maximum Gasteiger partial charge on any atom is 0.243 e. The van der Waals surface area contributed by atoms with Crippen LogP contribution in [0.5, 0.6) is 0 Å². The van der Waals surface area contributed by atoms with E-state index >= 15 is 0 Å². The van der Waals surface area contributed by atoms with Crippen molar-refractivity contribution in [2.45, 2.75) is 58.3 Å². The predicted molar refractivity (Wildman–Crippen MR) is 107 cm³/mol. The van der Waals surface area contributed by atoms with Crippen LogP contribution in [0.15, 0.2) is 23.1 Å². The second-order valence-corrected chi connectivity index (χ2v) is 8.32. The van der Waals surface area contributed by atoms with E-state index in [0.29, 0.717) is 43.7 Å². The van der Waals surface area contributed by atoms with Crippen LogP contribution in [0.4, 0.5) is 5.69 Å². The number of carbonyl (C=O) groups is 2. The number of anilines is 1. The van der Waals surface area contributed by atoms with Crippen molar-refractivity contribution in [2.24, 2.45) is 0 Å². The van der Waals surface area contributed by atoms with Crippen molar-refractivity contribution in [3.05, 3.63) is 23.8 Å². The standard InChI is InChI=1S/C19H31N3O4S/c1-5-22(6-2)27(25,26)18-14-17(12-11-15(18)3)21-19(24)10-8-7-9-13-20-16(4)23/h11-12,14H,5-10,13H2,1-4H3,(H,20,23)(H,21,24). The van der Waals surface area contributed by atoms with Gasteiger partial charge in [-0.25, -0.2) is 8.42 Å². The monoisotopic (exact) mass is 397 g/mol. The topological polar surface area (TPSA) is 95.6 Å². The number of nitrogens with zero attached hydrogens (tertiary/aromatic N) is 1. The summed E-state index contributed by atoms with van der Waals surface area (Å²) < 4.78 is 26.9. The molecule has 2 amide bonds. The van der Waals surface area contributed by atoms with Crippen LogP contribution in [0.3, 0.4) is 0 Å². The first-order chi connectivity index (χ1) is 12.7. The maximum atomic E-state index is 12.8. The Hall–Kier alpha value is -1.93. The molecule has 0 unspecified atom stereocenters. The summed E-state index contributed by atoms with van der Waals surface area (Å²) in [5.74, 6) is -0.202. The van der Waals surface area contributed by atoms with Crippen LogP contribution in [-0.4, -0.2) is 44.2 Å². The van der Waals surface area contributed by atoms with Crippen LogP contribution < -0.4 is 10.6 Å². The lowest BCUT2D eigenvalue weighted by Gasteiger charge is -2.20. The Morgan fingerprint density at radius 3 is 2.33 bits per heavy atom. The Kier molecular flexibility index (Phi) is 9.45. The lowest BCUT2D eigenvalue weighted by Crippen LogP contribution is -2.31. The van der Waals surface area contributed by atoms with E-state index in [9.17, 15) is 18.0 Å². The molecule has 2 N–H and O–H groups in total. The molecule has 0 aliphatic carbocycles. The van der Waals surface area contributed by atoms with Gasteiger partial charge in [-0.05, 0) is 37.5 Å². The molecule has 0 fully saturated rings. The third-order valence-corrected chi connectivity index (χ3v) is 6.44. The van der Waals surface area contributed by atoms with Crippen LogP contribution >= 0.6 is 0 Å². The largest absolute Gasteiger partial charge is 0.356 e. The fraction of sp³-hybridized carbons (Fsp3) is 0.579. The SMILES string of the molecule is CCN(CC)S(=O)(=O)c1cc(NC(=O)CCCCCNC(C)=O)ccc1C. The minimum atomic E-state index is -3.58. The molecule has 0 radical (unpaired) electrons. The van der Waals surface area contributed by atoms with Crippen LogP contribution in [0.25, 0.3) is 0 Å². The van der Waals surface area contributed by atoms with Crippen LogP contribution in [0.2, 0.25) is 0 Å². The van der Waals surface area contributed by atoms with E-state index in [-0.39, 0.29) is 16.7 Å². The number of nitrogens with one attached hydrogen (secondary N) is 2. The first kappa shape index (κ1) is 23.1. The summed E-state index contributed by atoms with van der Waals surface area (Å²) in [5.41, 5.74) is 1.13. The molecule has 8 heteroatoms. The number of sulfonamides is 1. The highest BCUT2D eigenvalue weighted by molar-refractivity contribution is 7.89. The summed E-state index contributed by atoms with van der Waals surface area (Å²) in [6.07, 6.45) is 2.72. The molecular weight excluding hydrogens is 366 g/mol. The molecule has 0 heterocycles. The number of hydrogen-bond acceptors (Lipinski definition) is 4. The molecule has 1 aromatic rings. The number of amides is 2. The number of hydrogen-bond donors (Lipinski definition) is 2. The number of benzene rings is 1. The zero-order chi connectivity index (χ0) is 20.4. The average Bonchev–Trinajstić information content (AvgIpc) is 2.60. The van der Waals surface area contributed by atoms with Crippen molar-refractivity contribution in [3.8, 4) is 0 Å². The van der Waals surface area contributed by atoms with Crippen molar-refractivity contribution in [1.82, 2.24) is 9.62 Å². The van der Waals surface area contributed by atoms with Gasteiger partial charge in [-0.2, -0.15) is 4.31 Å². The normalized spacial score (nSPS) is 11.4. The van der Waals surface area contributed by atoms with E-state index in [1.165, 1.54) is 17.3 Å². The summed E-state index contributed by atoms with van der Waals surface area (Å²) in [6.45, 7) is 8.23. The van der Waals surface area contributed by atoms with Crippen molar-refractivity contribution < 1.29 is 18.0 Å². The summed E-state index contributed by atoms with van der Waals surface area (Å²) >= 11 is 0. The highest BCUT2D eigenvalue weighted by Gasteiger charge is 2.24. The summed E-state index contributed by atoms with van der Waals surface area (Å²) in [4.78, 5) is 23.1. The van der Waals surface area contributed by atoms with Gasteiger partial charge in [-0.3, -0.25) is 9.59 Å². The van der Waals surface area contributed by atoms with E-state index in [0.717, 1.165) is 12.8 Å².